The molecule has 0 radical (unpaired) electrons. The fraction of sp³-hybridized carbons (Fsp3) is 0.500. The van der Waals surface area contributed by atoms with Crippen molar-refractivity contribution in [1.82, 2.24) is 81.9 Å². The molecule has 6 aliphatic heterocycles. The fourth-order valence-electron chi connectivity index (χ4n) is 9.62. The molecule has 62 heteroatoms. The molecule has 1 atom stereocenters. The average molecular weight is 9580 g/mol. The van der Waals surface area contributed by atoms with Crippen LogP contribution in [0.25, 0.3) is 13.2 Å². The van der Waals surface area contributed by atoms with Crippen molar-refractivity contribution in [3.05, 3.63) is 213 Å². The molecule has 8 aliphatic rings. The van der Waals surface area contributed by atoms with Gasteiger partial charge in [0.1, 0.15) is 17.5 Å². The maximum atomic E-state index is 4.23. The molecule has 11 rings (SSSR count). The van der Waals surface area contributed by atoms with Gasteiger partial charge in [-0.1, -0.05) is 134 Å². The third-order valence-corrected chi connectivity index (χ3v) is 18.0. The Morgan fingerprint density at radius 3 is 0.879 bits per heavy atom. The summed E-state index contributed by atoms with van der Waals surface area (Å²) in [6.07, 6.45) is 11.3. The molecule has 3 saturated heterocycles. The third kappa shape index (κ3) is 121. The minimum atomic E-state index is 0. The van der Waals surface area contributed by atoms with Crippen molar-refractivity contribution in [3.8, 4) is 0 Å². The zero-order valence-electron chi connectivity index (χ0n) is 83.8. The van der Waals surface area contributed by atoms with Crippen LogP contribution in [-0.2, 0) is 961 Å². The van der Waals surface area contributed by atoms with Crippen LogP contribution in [0.1, 0.15) is 201 Å². The minimum Gasteiger partial charge on any atom is -0.379 e. The van der Waals surface area contributed by atoms with Gasteiger partial charge in [0.15, 0.2) is 0 Å². The summed E-state index contributed by atoms with van der Waals surface area (Å²) in [5, 5.41) is 40.5. The van der Waals surface area contributed by atoms with E-state index in [0.717, 1.165) is 80.3 Å². The molecule has 140 heavy (non-hydrogen) atoms. The quantitative estimate of drug-likeness (QED) is 0.107. The van der Waals surface area contributed by atoms with E-state index >= 15 is 0 Å². The van der Waals surface area contributed by atoms with Crippen LogP contribution in [0.15, 0.2) is 162 Å². The zero-order valence-corrected chi connectivity index (χ0v) is 216. The monoisotopic (exact) mass is 9590 g/mol. The van der Waals surface area contributed by atoms with Gasteiger partial charge in [-0.25, -0.2) is 0 Å². The van der Waals surface area contributed by atoms with Gasteiger partial charge in [-0.05, 0) is 198 Å². The molecule has 3 aromatic rings. The van der Waals surface area contributed by atoms with Gasteiger partial charge in [0.05, 0.1) is 34.2 Å². The van der Waals surface area contributed by atoms with Crippen LogP contribution in [-0.4, -0.2) is 115 Å². The molecule has 17 nitrogen and oxygen atoms in total. The molecule has 8 N–H and O–H groups in total. The van der Waals surface area contributed by atoms with Crippen LogP contribution in [0.2, 0.25) is 0 Å². The van der Waals surface area contributed by atoms with Gasteiger partial charge in [0.25, 0.3) is 0 Å². The summed E-state index contributed by atoms with van der Waals surface area (Å²) in [4.78, 5) is 7.15. The molecule has 2 aliphatic carbocycles. The molecule has 0 spiro atoms. The number of H-pyrrole nitrogens is 3. The summed E-state index contributed by atoms with van der Waals surface area (Å²) in [7, 11) is 11.8. The van der Waals surface area contributed by atoms with Crippen molar-refractivity contribution in [2.75, 3.05) is 42.3 Å². The molecule has 1 unspecified atom stereocenters. The Kier molecular flexibility index (Phi) is 417. The van der Waals surface area contributed by atoms with E-state index in [0.29, 0.717) is 6.04 Å². The number of rotatable bonds is 0. The first-order chi connectivity index (χ1) is 44.4. The molecule has 0 aromatic carbocycles. The normalized spacial score (nSPS) is 11.9. The van der Waals surface area contributed by atoms with Crippen LogP contribution in [0.4, 0.5) is 0 Å². The SMILES string of the molecule is C=C1CC(=C)N(C)N1C.C=C1NC(=C)C(C)(C)N1C.C=C1NC(=C)N(C)C(C)=C1C.C=C1NC(=C)N(C)N1C.C=C1NC(C)C2=C1CCCC2.C=C1NN=C(C)C(C)=C1C.C=c1[nH]c(=C)c(C)c1C.CC.CC.CC.CC.Cc1[nH]nc2c1CCCC2.Cc1n[nH]c(C)c1C.[W].[W].[W].[W].[W].[W].[W].[W].[W].[W].[W].[W].[W].[W].[W].[W].[W].[W].[W].[W].[W].[W].[W].[W].[W].[W].[W].[W].[W].[W].[W].[W].[W].[W].[W].[W].[W].[W].[W].[W].[W].[W].[W].[W].[W]. The standard InChI is InChI=1S/C10H15N.C9H14N2.C8H12N2.C8H14N2.C8H12N2.C8H11N.C7H12N2.C6H11N3.C6H10N2.4C2H6.45W/c1-7-9-5-3-4-6-10(9)8(2)11-7;1-6-7(2)10-9(4)11(5)8(6)3;1-6-7-4-2-3-5-8(7)10-9-6;1-6-8(3,4)10(5)7(2)9-6;1-5-6(2)8(4)10-9-7(5)3;1-5-6(2)8(4)9-7(5)3;1-6-5-7(2)9(4)8(6)3;1-5-7-6(2)9(4)8(5)3;1-4-5(2)7-8-6(4)3;4*1-2;;;;;;;;;;;;;;;;;;;;;;;;;;;;;;;;;;;;;;;;;;;;;/h8,11H,1,3-6H2,2H3;10H,2,4H2,1,3,5H3;2-5H2,1H3,(H,9,10);9H,1-2H2,3-5H3;9H,3H2,1-2,4H3;9H,3-4H2,1-2H3;1-2,5H2,3-4H3;7H,1-2H2,3-4H3;1-3H3,(H,7,8);4*1-2H3;;;;;;;;;;;;;;;;;;;;;;;;;;;;;;;;;;;;;;;;;;;;;. The van der Waals surface area contributed by atoms with Crippen molar-refractivity contribution in [1.29, 1.82) is 0 Å². The topological polar surface area (TPSA) is 165 Å². The van der Waals surface area contributed by atoms with E-state index in [1.54, 1.807) is 5.57 Å². The first-order valence-electron chi connectivity index (χ1n) is 34.0. The summed E-state index contributed by atoms with van der Waals surface area (Å²) in [6.45, 7) is 91.0. The van der Waals surface area contributed by atoms with Crippen LogP contribution in [0, 0.1) is 41.5 Å². The van der Waals surface area contributed by atoms with Gasteiger partial charge in [0.2, 0.25) is 0 Å². The molecular formula is C78H135N17W45. The molecule has 9 heterocycles. The summed E-state index contributed by atoms with van der Waals surface area (Å²) in [6, 6.07) is 0.567. The molecular weight excluding hydrogens is 9450 g/mol. The number of hydrogen-bond donors (Lipinski definition) is 8. The molecule has 0 bridgehead atoms. The van der Waals surface area contributed by atoms with Crippen molar-refractivity contribution >= 4 is 18.9 Å². The van der Waals surface area contributed by atoms with Gasteiger partial charge in [0, 0.05) is 1060 Å². The van der Waals surface area contributed by atoms with Crippen LogP contribution in [0.3, 0.4) is 0 Å². The third-order valence-electron chi connectivity index (χ3n) is 18.0. The van der Waals surface area contributed by atoms with Crippen molar-refractivity contribution in [2.24, 2.45) is 5.10 Å². The number of nitrogens with zero attached hydrogens (tertiary/aromatic N) is 9. The Balaban J connectivity index is -0.0000000147. The molecule has 0 amide bonds. The number of hydrazone groups is 1. The van der Waals surface area contributed by atoms with Gasteiger partial charge >= 0.3 is 0 Å². The van der Waals surface area contributed by atoms with E-state index in [-0.39, 0.29) is 953 Å². The maximum absolute atomic E-state index is 4.23. The Morgan fingerprint density at radius 1 is 0.329 bits per heavy atom. The predicted molar refractivity (Wildman–Crippen MR) is 416 cm³/mol. The second-order valence-corrected chi connectivity index (χ2v) is 23.9. The van der Waals surface area contributed by atoms with E-state index in [9.17, 15) is 0 Å². The van der Waals surface area contributed by atoms with Crippen molar-refractivity contribution in [3.63, 3.8) is 0 Å². The summed E-state index contributed by atoms with van der Waals surface area (Å²) in [5.74, 6) is 3.54. The second-order valence-electron chi connectivity index (χ2n) is 23.9. The van der Waals surface area contributed by atoms with Gasteiger partial charge in [-0.15, -0.1) is 0 Å². The molecule has 0 saturated carbocycles. The first kappa shape index (κ1) is 318. The van der Waals surface area contributed by atoms with Crippen LogP contribution in [0.5, 0.6) is 0 Å². The molecule has 3 fully saturated rings. The van der Waals surface area contributed by atoms with Gasteiger partial charge in [-0.2, -0.15) is 15.3 Å². The largest absolute Gasteiger partial charge is 0.379 e. The number of aromatic nitrogens is 5. The number of allylic oxidation sites excluding steroid dienone is 5. The van der Waals surface area contributed by atoms with Crippen LogP contribution >= 0.6 is 0 Å². The van der Waals surface area contributed by atoms with Crippen molar-refractivity contribution in [2.45, 2.75) is 222 Å². The second kappa shape index (κ2) is 184. The van der Waals surface area contributed by atoms with E-state index in [4.69, 9.17) is 0 Å². The Morgan fingerprint density at radius 2 is 0.650 bits per heavy atom. The number of nitrogens with one attached hydrogen (secondary N) is 8. The smallest absolute Gasteiger partial charge is 0.118 e. The fourth-order valence-corrected chi connectivity index (χ4v) is 9.62. The minimum absolute atomic E-state index is 0. The van der Waals surface area contributed by atoms with Crippen LogP contribution < -0.4 is 37.4 Å². The number of fused-ring (bicyclic) bond motifs is 1. The number of hydrazine groups is 2. The predicted octanol–water partition coefficient (Wildman–Crippen LogP) is 16.1. The van der Waals surface area contributed by atoms with Crippen molar-refractivity contribution < 1.29 is 948 Å². The summed E-state index contributed by atoms with van der Waals surface area (Å²) < 4.78 is 0. The number of aryl methyl sites for hydroxylation is 4. The average Bonchev–Trinajstić information content (AvgIpc) is 1.64. The zero-order chi connectivity index (χ0) is 74.3. The molecule has 802 valence electrons. The number of likely N-dealkylation sites (N-methyl/N-ethyl adjacent to an activating group) is 1. The summed E-state index contributed by atoms with van der Waals surface area (Å²) in [5.41, 5.74) is 28.2. The van der Waals surface area contributed by atoms with E-state index in [2.05, 4.69) is 189 Å². The van der Waals surface area contributed by atoms with E-state index in [1.165, 1.54) is 124 Å². The first-order valence-corrected chi connectivity index (χ1v) is 34.0. The Labute approximate surface area is 1500 Å². The number of hydrogen-bond acceptors (Lipinski definition) is 14. The molecule has 3 aromatic heterocycles. The number of aromatic amines is 3. The Hall–Kier alpha value is 22.5. The Bertz CT molecular complexity index is 3340. The van der Waals surface area contributed by atoms with Gasteiger partial charge < -0.3 is 36.1 Å². The van der Waals surface area contributed by atoms with E-state index < -0.39 is 0 Å². The maximum Gasteiger partial charge on any atom is 0.118 e. The summed E-state index contributed by atoms with van der Waals surface area (Å²) >= 11 is 0. The van der Waals surface area contributed by atoms with E-state index in [1.807, 2.05) is 171 Å². The van der Waals surface area contributed by atoms with Gasteiger partial charge in [-0.3, -0.25) is 35.7 Å².